The van der Waals surface area contributed by atoms with Crippen LogP contribution in [0.1, 0.15) is 38.9 Å². The third-order valence-corrected chi connectivity index (χ3v) is 6.25. The largest absolute Gasteiger partial charge is 0.344 e. The molecule has 33 heavy (non-hydrogen) atoms. The lowest BCUT2D eigenvalue weighted by Gasteiger charge is -2.21. The number of thiophene rings is 1. The Balaban J connectivity index is 1.37. The monoisotopic (exact) mass is 462 g/mol. The van der Waals surface area contributed by atoms with Gasteiger partial charge >= 0.3 is 6.03 Å². The van der Waals surface area contributed by atoms with Crippen molar-refractivity contribution in [2.24, 2.45) is 0 Å². The number of carbonyl (C=O) groups excluding carboxylic acids is 4. The average Bonchev–Trinajstić information content (AvgIpc) is 3.43. The summed E-state index contributed by atoms with van der Waals surface area (Å²) in [6.07, 6.45) is 0.996. The predicted octanol–water partition coefficient (Wildman–Crippen LogP) is 3.59. The lowest BCUT2D eigenvalue weighted by Crippen LogP contribution is -2.48. The number of rotatable bonds is 7. The summed E-state index contributed by atoms with van der Waals surface area (Å²) >= 11 is 1.33. The Morgan fingerprint density at radius 1 is 0.970 bits per heavy atom. The lowest BCUT2D eigenvalue weighted by atomic mass is 9.93. The highest BCUT2D eigenvalue weighted by molar-refractivity contribution is 7.12. The third-order valence-electron chi connectivity index (χ3n) is 5.38. The van der Waals surface area contributed by atoms with Crippen molar-refractivity contribution in [3.63, 3.8) is 0 Å². The fourth-order valence-corrected chi connectivity index (χ4v) is 4.08. The highest BCUT2D eigenvalue weighted by Gasteiger charge is 2.48. The molecule has 2 heterocycles. The van der Waals surface area contributed by atoms with E-state index >= 15 is 0 Å². The first-order chi connectivity index (χ1) is 15.9. The van der Waals surface area contributed by atoms with Gasteiger partial charge in [0.15, 0.2) is 0 Å². The molecule has 0 spiro atoms. The number of hydrogen-bond donors (Lipinski definition) is 3. The summed E-state index contributed by atoms with van der Waals surface area (Å²) < 4.78 is 0. The minimum atomic E-state index is -1.11. The topological polar surface area (TPSA) is 108 Å². The van der Waals surface area contributed by atoms with Crippen molar-refractivity contribution in [2.45, 2.75) is 25.3 Å². The maximum Gasteiger partial charge on any atom is 0.344 e. The van der Waals surface area contributed by atoms with Gasteiger partial charge in [-0.1, -0.05) is 36.4 Å². The number of aryl methyl sites for hydroxylation is 1. The van der Waals surface area contributed by atoms with Crippen molar-refractivity contribution >= 4 is 40.8 Å². The SMILES string of the molecule is C[C@]1(CCc2ccccc2)NC(=O)N(NC(=O)c2ccc(NC(=O)c3cccs3)cc2)C1=O. The standard InChI is InChI=1S/C24H22N4O4S/c1-24(14-13-16-6-3-2-4-7-16)22(31)28(23(32)26-24)27-20(29)17-9-11-18(12-10-17)25-21(30)19-8-5-15-33-19/h2-12,15H,13-14H2,1H3,(H,25,30)(H,26,32)(H,27,29)/t24-/m1/s1. The van der Waals surface area contributed by atoms with E-state index in [1.807, 2.05) is 35.7 Å². The number of nitrogens with zero attached hydrogens (tertiary/aromatic N) is 1. The summed E-state index contributed by atoms with van der Waals surface area (Å²) in [6.45, 7) is 1.65. The number of urea groups is 1. The van der Waals surface area contributed by atoms with Gasteiger partial charge in [0.1, 0.15) is 5.54 Å². The molecule has 4 rings (SSSR count). The molecule has 8 nitrogen and oxygen atoms in total. The Bertz CT molecular complexity index is 1180. The summed E-state index contributed by atoms with van der Waals surface area (Å²) in [7, 11) is 0. The summed E-state index contributed by atoms with van der Waals surface area (Å²) in [5, 5.41) is 7.96. The van der Waals surface area contributed by atoms with Gasteiger partial charge in [-0.2, -0.15) is 5.01 Å². The molecule has 0 aliphatic carbocycles. The van der Waals surface area contributed by atoms with E-state index in [1.54, 1.807) is 31.2 Å². The predicted molar refractivity (Wildman–Crippen MR) is 125 cm³/mol. The lowest BCUT2D eigenvalue weighted by molar-refractivity contribution is -0.132. The van der Waals surface area contributed by atoms with E-state index in [4.69, 9.17) is 0 Å². The number of anilines is 1. The fourth-order valence-electron chi connectivity index (χ4n) is 3.47. The van der Waals surface area contributed by atoms with E-state index in [1.165, 1.54) is 23.5 Å². The molecule has 0 radical (unpaired) electrons. The van der Waals surface area contributed by atoms with E-state index in [-0.39, 0.29) is 11.5 Å². The maximum atomic E-state index is 12.9. The van der Waals surface area contributed by atoms with Crippen molar-refractivity contribution in [1.82, 2.24) is 15.8 Å². The Morgan fingerprint density at radius 3 is 2.36 bits per heavy atom. The first kappa shape index (κ1) is 22.2. The Labute approximate surface area is 194 Å². The molecule has 1 aliphatic heterocycles. The number of amides is 5. The Hall–Kier alpha value is -3.98. The molecule has 2 aromatic carbocycles. The second-order valence-electron chi connectivity index (χ2n) is 7.84. The highest BCUT2D eigenvalue weighted by atomic mass is 32.1. The van der Waals surface area contributed by atoms with Crippen LogP contribution in [0.15, 0.2) is 72.1 Å². The second-order valence-corrected chi connectivity index (χ2v) is 8.79. The molecule has 0 unspecified atom stereocenters. The maximum absolute atomic E-state index is 12.9. The van der Waals surface area contributed by atoms with Crippen LogP contribution in [0, 0.1) is 0 Å². The van der Waals surface area contributed by atoms with Crippen LogP contribution in [0.2, 0.25) is 0 Å². The number of hydrazine groups is 1. The number of carbonyl (C=O) groups is 4. The second kappa shape index (κ2) is 9.25. The molecular weight excluding hydrogens is 440 g/mol. The number of hydrogen-bond acceptors (Lipinski definition) is 5. The van der Waals surface area contributed by atoms with Crippen LogP contribution in [0.4, 0.5) is 10.5 Å². The van der Waals surface area contributed by atoms with Gasteiger partial charge in [0.05, 0.1) is 4.88 Å². The normalized spacial score (nSPS) is 17.5. The van der Waals surface area contributed by atoms with Crippen molar-refractivity contribution in [3.05, 3.63) is 88.1 Å². The minimum absolute atomic E-state index is 0.239. The van der Waals surface area contributed by atoms with Crippen LogP contribution in [-0.2, 0) is 11.2 Å². The molecule has 168 valence electrons. The zero-order valence-electron chi connectivity index (χ0n) is 17.8. The van der Waals surface area contributed by atoms with Crippen LogP contribution < -0.4 is 16.1 Å². The van der Waals surface area contributed by atoms with Crippen LogP contribution in [-0.4, -0.2) is 34.3 Å². The van der Waals surface area contributed by atoms with Gasteiger partial charge in [-0.05, 0) is 61.0 Å². The van der Waals surface area contributed by atoms with Crippen molar-refractivity contribution in [1.29, 1.82) is 0 Å². The van der Waals surface area contributed by atoms with Gasteiger partial charge in [-0.3, -0.25) is 19.8 Å². The third kappa shape index (κ3) is 4.93. The van der Waals surface area contributed by atoms with E-state index in [9.17, 15) is 19.2 Å². The molecule has 3 aromatic rings. The smallest absolute Gasteiger partial charge is 0.322 e. The zero-order chi connectivity index (χ0) is 23.4. The van der Waals surface area contributed by atoms with Gasteiger partial charge < -0.3 is 10.6 Å². The molecule has 0 bridgehead atoms. The molecule has 1 aromatic heterocycles. The van der Waals surface area contributed by atoms with Gasteiger partial charge in [0.25, 0.3) is 17.7 Å². The van der Waals surface area contributed by atoms with Gasteiger partial charge in [0, 0.05) is 11.3 Å². The van der Waals surface area contributed by atoms with Gasteiger partial charge in [-0.15, -0.1) is 11.3 Å². The number of benzene rings is 2. The van der Waals surface area contributed by atoms with Crippen LogP contribution in [0.25, 0.3) is 0 Å². The molecule has 5 amide bonds. The van der Waals surface area contributed by atoms with Crippen LogP contribution >= 0.6 is 11.3 Å². The molecule has 3 N–H and O–H groups in total. The molecule has 1 aliphatic rings. The number of nitrogens with one attached hydrogen (secondary N) is 3. The fraction of sp³-hybridized carbons (Fsp3) is 0.167. The summed E-state index contributed by atoms with van der Waals surface area (Å²) in [6, 6.07) is 18.6. The van der Waals surface area contributed by atoms with Crippen molar-refractivity contribution in [2.75, 3.05) is 5.32 Å². The van der Waals surface area contributed by atoms with Crippen molar-refractivity contribution in [3.8, 4) is 0 Å². The molecule has 1 fully saturated rings. The molecule has 9 heteroatoms. The summed E-state index contributed by atoms with van der Waals surface area (Å²) in [5.74, 6) is -1.37. The first-order valence-electron chi connectivity index (χ1n) is 10.3. The van der Waals surface area contributed by atoms with Gasteiger partial charge in [0.2, 0.25) is 0 Å². The first-order valence-corrected chi connectivity index (χ1v) is 11.2. The Kier molecular flexibility index (Phi) is 6.23. The van der Waals surface area contributed by atoms with Crippen LogP contribution in [0.3, 0.4) is 0 Å². The number of imide groups is 1. The zero-order valence-corrected chi connectivity index (χ0v) is 18.6. The van der Waals surface area contributed by atoms with Crippen molar-refractivity contribution < 1.29 is 19.2 Å². The van der Waals surface area contributed by atoms with Crippen LogP contribution in [0.5, 0.6) is 0 Å². The molecule has 1 saturated heterocycles. The van der Waals surface area contributed by atoms with E-state index < -0.39 is 23.4 Å². The summed E-state index contributed by atoms with van der Waals surface area (Å²) in [4.78, 5) is 50.6. The summed E-state index contributed by atoms with van der Waals surface area (Å²) in [5.41, 5.74) is 3.07. The molecule has 1 atom stereocenters. The highest BCUT2D eigenvalue weighted by Crippen LogP contribution is 2.22. The van der Waals surface area contributed by atoms with E-state index in [0.717, 1.165) is 10.6 Å². The quantitative estimate of drug-likeness (QED) is 0.467. The molecule has 0 saturated carbocycles. The Morgan fingerprint density at radius 2 is 1.70 bits per heavy atom. The van der Waals surface area contributed by atoms with E-state index in [0.29, 0.717) is 23.4 Å². The van der Waals surface area contributed by atoms with Gasteiger partial charge in [-0.25, -0.2) is 4.79 Å². The van der Waals surface area contributed by atoms with E-state index in [2.05, 4.69) is 16.1 Å². The minimum Gasteiger partial charge on any atom is -0.322 e. The average molecular weight is 463 g/mol. The molecular formula is C24H22N4O4S.